The molecule has 1 fully saturated rings. The molecule has 0 spiro atoms. The first kappa shape index (κ1) is 18.4. The van der Waals surface area contributed by atoms with Crippen LogP contribution < -0.4 is 4.90 Å². The van der Waals surface area contributed by atoms with Crippen LogP contribution in [0.5, 0.6) is 0 Å². The van der Waals surface area contributed by atoms with E-state index in [0.29, 0.717) is 13.1 Å². The Bertz CT molecular complexity index is 951. The monoisotopic (exact) mass is 372 g/mol. The number of benzene rings is 2. The largest absolute Gasteiger partial charge is 0.306 e. The van der Waals surface area contributed by atoms with Crippen molar-refractivity contribution in [3.8, 4) is 6.07 Å². The minimum absolute atomic E-state index is 0.102. The SMILES string of the molecule is CN1CCN(CC(=O)N2Cc3ccccc3C(=CC#N)c3ccccc32)CC1. The third-order valence-corrected chi connectivity index (χ3v) is 5.59. The van der Waals surface area contributed by atoms with Gasteiger partial charge in [0.2, 0.25) is 5.91 Å². The number of carbonyl (C=O) groups is 1. The summed E-state index contributed by atoms with van der Waals surface area (Å²) >= 11 is 0. The van der Waals surface area contributed by atoms with Gasteiger partial charge < -0.3 is 9.80 Å². The molecule has 0 saturated carbocycles. The molecule has 0 unspecified atom stereocenters. The van der Waals surface area contributed by atoms with Gasteiger partial charge >= 0.3 is 0 Å². The molecule has 0 radical (unpaired) electrons. The van der Waals surface area contributed by atoms with E-state index in [0.717, 1.165) is 54.1 Å². The number of para-hydroxylation sites is 1. The zero-order valence-corrected chi connectivity index (χ0v) is 16.1. The lowest BCUT2D eigenvalue weighted by molar-refractivity contribution is -0.120. The van der Waals surface area contributed by atoms with Gasteiger partial charge in [-0.2, -0.15) is 5.26 Å². The fourth-order valence-electron chi connectivity index (χ4n) is 3.98. The van der Waals surface area contributed by atoms with Gasteiger partial charge in [0.15, 0.2) is 0 Å². The van der Waals surface area contributed by atoms with E-state index in [1.165, 1.54) is 0 Å². The average Bonchev–Trinajstić information content (AvgIpc) is 2.85. The third kappa shape index (κ3) is 3.57. The molecule has 2 aromatic carbocycles. The minimum atomic E-state index is 0.102. The maximum atomic E-state index is 13.3. The van der Waals surface area contributed by atoms with Crippen molar-refractivity contribution in [2.75, 3.05) is 44.7 Å². The lowest BCUT2D eigenvalue weighted by atomic mass is 9.94. The van der Waals surface area contributed by atoms with Crippen LogP contribution in [0.3, 0.4) is 0 Å². The molecule has 1 saturated heterocycles. The second kappa shape index (κ2) is 7.97. The van der Waals surface area contributed by atoms with Gasteiger partial charge in [-0.25, -0.2) is 0 Å². The summed E-state index contributed by atoms with van der Waals surface area (Å²) in [6.07, 6.45) is 1.59. The maximum Gasteiger partial charge on any atom is 0.241 e. The van der Waals surface area contributed by atoms with E-state index >= 15 is 0 Å². The summed E-state index contributed by atoms with van der Waals surface area (Å²) in [5, 5.41) is 9.36. The van der Waals surface area contributed by atoms with Gasteiger partial charge in [-0.05, 0) is 24.2 Å². The number of hydrogen-bond donors (Lipinski definition) is 0. The molecule has 2 aromatic rings. The van der Waals surface area contributed by atoms with Crippen LogP contribution in [0.25, 0.3) is 5.57 Å². The predicted octanol–water partition coefficient (Wildman–Crippen LogP) is 2.74. The molecule has 0 bridgehead atoms. The van der Waals surface area contributed by atoms with Crippen LogP contribution in [-0.4, -0.2) is 55.5 Å². The molecule has 4 rings (SSSR count). The molecule has 1 amide bonds. The number of anilines is 1. The van der Waals surface area contributed by atoms with Crippen molar-refractivity contribution in [2.45, 2.75) is 6.54 Å². The van der Waals surface area contributed by atoms with E-state index in [4.69, 9.17) is 0 Å². The molecule has 2 aliphatic rings. The number of carbonyl (C=O) groups excluding carboxylic acids is 1. The zero-order valence-electron chi connectivity index (χ0n) is 16.1. The van der Waals surface area contributed by atoms with Crippen molar-refractivity contribution in [3.63, 3.8) is 0 Å². The second-order valence-corrected chi connectivity index (χ2v) is 7.42. The van der Waals surface area contributed by atoms with Crippen molar-refractivity contribution in [1.82, 2.24) is 9.80 Å². The topological polar surface area (TPSA) is 50.6 Å². The van der Waals surface area contributed by atoms with Crippen molar-refractivity contribution in [3.05, 3.63) is 71.3 Å². The summed E-state index contributed by atoms with van der Waals surface area (Å²) in [5.74, 6) is 0.102. The van der Waals surface area contributed by atoms with Gasteiger partial charge in [0.25, 0.3) is 0 Å². The highest BCUT2D eigenvalue weighted by Crippen LogP contribution is 2.37. The molecule has 0 aromatic heterocycles. The van der Waals surface area contributed by atoms with Gasteiger partial charge in [0.1, 0.15) is 0 Å². The molecular weight excluding hydrogens is 348 g/mol. The summed E-state index contributed by atoms with van der Waals surface area (Å²) in [7, 11) is 2.12. The summed E-state index contributed by atoms with van der Waals surface area (Å²) in [6, 6.07) is 18.1. The van der Waals surface area contributed by atoms with E-state index in [-0.39, 0.29) is 5.91 Å². The van der Waals surface area contributed by atoms with Crippen LogP contribution in [0.2, 0.25) is 0 Å². The summed E-state index contributed by atoms with van der Waals surface area (Å²) in [5.41, 5.74) is 4.77. The highest BCUT2D eigenvalue weighted by atomic mass is 16.2. The normalized spacial score (nSPS) is 18.9. The molecule has 0 N–H and O–H groups in total. The van der Waals surface area contributed by atoms with Crippen molar-refractivity contribution in [2.24, 2.45) is 0 Å². The van der Waals surface area contributed by atoms with Crippen LogP contribution in [0, 0.1) is 11.3 Å². The number of allylic oxidation sites excluding steroid dienone is 1. The molecular formula is C23H24N4O. The fourth-order valence-corrected chi connectivity index (χ4v) is 3.98. The minimum Gasteiger partial charge on any atom is -0.306 e. The van der Waals surface area contributed by atoms with E-state index in [1.807, 2.05) is 53.4 Å². The summed E-state index contributed by atoms with van der Waals surface area (Å²) in [4.78, 5) is 19.7. The maximum absolute atomic E-state index is 13.3. The van der Waals surface area contributed by atoms with Crippen molar-refractivity contribution < 1.29 is 4.79 Å². The number of hydrogen-bond acceptors (Lipinski definition) is 4. The Kier molecular flexibility index (Phi) is 5.25. The van der Waals surface area contributed by atoms with Gasteiger partial charge in [0.05, 0.1) is 24.8 Å². The predicted molar refractivity (Wildman–Crippen MR) is 111 cm³/mol. The molecule has 142 valence electrons. The van der Waals surface area contributed by atoms with Gasteiger partial charge in [0, 0.05) is 43.4 Å². The molecule has 28 heavy (non-hydrogen) atoms. The molecule has 0 atom stereocenters. The average molecular weight is 372 g/mol. The van der Waals surface area contributed by atoms with E-state index in [1.54, 1.807) is 6.08 Å². The molecule has 2 heterocycles. The summed E-state index contributed by atoms with van der Waals surface area (Å²) in [6.45, 7) is 4.73. The van der Waals surface area contributed by atoms with Crippen molar-refractivity contribution >= 4 is 17.2 Å². The lowest BCUT2D eigenvalue weighted by Gasteiger charge is -2.33. The molecule has 0 aliphatic carbocycles. The number of amides is 1. The molecule has 2 aliphatic heterocycles. The van der Waals surface area contributed by atoms with Crippen LogP contribution in [0.1, 0.15) is 16.7 Å². The van der Waals surface area contributed by atoms with Gasteiger partial charge in [-0.3, -0.25) is 9.69 Å². The van der Waals surface area contributed by atoms with Crippen LogP contribution in [0.4, 0.5) is 5.69 Å². The van der Waals surface area contributed by atoms with Crippen LogP contribution >= 0.6 is 0 Å². The standard InChI is InChI=1S/C23H24N4O/c1-25-12-14-26(15-13-25)17-23(28)27-16-18-6-2-3-7-19(18)20(10-11-24)21-8-4-5-9-22(21)27/h2-10H,12-17H2,1H3. The Morgan fingerprint density at radius 2 is 1.71 bits per heavy atom. The Labute approximate surface area is 166 Å². The fraction of sp³-hybridized carbons (Fsp3) is 0.304. The van der Waals surface area contributed by atoms with Crippen LogP contribution in [-0.2, 0) is 11.3 Å². The smallest absolute Gasteiger partial charge is 0.241 e. The number of fused-ring (bicyclic) bond motifs is 2. The lowest BCUT2D eigenvalue weighted by Crippen LogP contribution is -2.48. The first-order valence-electron chi connectivity index (χ1n) is 9.66. The highest BCUT2D eigenvalue weighted by molar-refractivity contribution is 6.01. The van der Waals surface area contributed by atoms with E-state index < -0.39 is 0 Å². The number of nitrogens with zero attached hydrogens (tertiary/aromatic N) is 4. The van der Waals surface area contributed by atoms with Crippen molar-refractivity contribution in [1.29, 1.82) is 5.26 Å². The quantitative estimate of drug-likeness (QED) is 0.761. The number of nitriles is 1. The number of rotatable bonds is 2. The van der Waals surface area contributed by atoms with E-state index in [2.05, 4.69) is 22.9 Å². The Morgan fingerprint density at radius 1 is 1.04 bits per heavy atom. The van der Waals surface area contributed by atoms with E-state index in [9.17, 15) is 10.1 Å². The Hall–Kier alpha value is -2.94. The first-order chi connectivity index (χ1) is 13.7. The van der Waals surface area contributed by atoms with Gasteiger partial charge in [-0.1, -0.05) is 42.5 Å². The second-order valence-electron chi connectivity index (χ2n) is 7.42. The number of piperazine rings is 1. The number of likely N-dealkylation sites (N-methyl/N-ethyl adjacent to an activating group) is 1. The Balaban J connectivity index is 1.72. The third-order valence-electron chi connectivity index (χ3n) is 5.59. The molecule has 5 nitrogen and oxygen atoms in total. The highest BCUT2D eigenvalue weighted by Gasteiger charge is 2.28. The zero-order chi connectivity index (χ0) is 19.5. The molecule has 5 heteroatoms. The first-order valence-corrected chi connectivity index (χ1v) is 9.66. The Morgan fingerprint density at radius 3 is 2.46 bits per heavy atom. The van der Waals surface area contributed by atoms with Gasteiger partial charge in [-0.15, -0.1) is 0 Å². The summed E-state index contributed by atoms with van der Waals surface area (Å²) < 4.78 is 0. The van der Waals surface area contributed by atoms with Crippen LogP contribution in [0.15, 0.2) is 54.6 Å².